The molecule has 1 fully saturated rings. The maximum absolute atomic E-state index is 13.4. The molecule has 1 saturated heterocycles. The highest BCUT2D eigenvalue weighted by Crippen LogP contribution is 2.43. The lowest BCUT2D eigenvalue weighted by Gasteiger charge is -2.24. The molecule has 0 saturated carbocycles. The summed E-state index contributed by atoms with van der Waals surface area (Å²) >= 11 is 1.69. The van der Waals surface area contributed by atoms with Gasteiger partial charge < -0.3 is 0 Å². The van der Waals surface area contributed by atoms with Crippen LogP contribution in [-0.2, 0) is 16.4 Å². The molecule has 1 aliphatic carbocycles. The Morgan fingerprint density at radius 1 is 0.852 bits per heavy atom. The van der Waals surface area contributed by atoms with E-state index in [0.717, 1.165) is 28.9 Å². The van der Waals surface area contributed by atoms with E-state index < -0.39 is 10.0 Å². The van der Waals surface area contributed by atoms with Gasteiger partial charge in [-0.3, -0.25) is 0 Å². The molecule has 3 aromatic carbocycles. The summed E-state index contributed by atoms with van der Waals surface area (Å²) in [5.74, 6) is 0.812. The minimum Gasteiger partial charge on any atom is -0.207 e. The van der Waals surface area contributed by atoms with Gasteiger partial charge in [-0.1, -0.05) is 60.7 Å². The molecular weight excluding hydrogens is 374 g/mol. The van der Waals surface area contributed by atoms with Gasteiger partial charge in [0, 0.05) is 12.3 Å². The lowest BCUT2D eigenvalue weighted by Crippen LogP contribution is -2.30. The molecule has 5 rings (SSSR count). The Hall–Kier alpha value is -2.08. The van der Waals surface area contributed by atoms with E-state index in [-0.39, 0.29) is 5.37 Å². The second-order valence-corrected chi connectivity index (χ2v) is 9.98. The van der Waals surface area contributed by atoms with Crippen LogP contribution in [0.3, 0.4) is 0 Å². The molecule has 1 atom stereocenters. The van der Waals surface area contributed by atoms with E-state index in [0.29, 0.717) is 11.4 Å². The van der Waals surface area contributed by atoms with Crippen molar-refractivity contribution in [3.05, 3.63) is 89.5 Å². The first-order chi connectivity index (χ1) is 13.1. The molecule has 3 aromatic rings. The van der Waals surface area contributed by atoms with Gasteiger partial charge in [-0.2, -0.15) is 4.31 Å². The third-order valence-electron chi connectivity index (χ3n) is 5.31. The molecule has 0 spiro atoms. The molecule has 1 heterocycles. The summed E-state index contributed by atoms with van der Waals surface area (Å²) in [6, 6.07) is 23.7. The number of hydrogen-bond acceptors (Lipinski definition) is 3. The van der Waals surface area contributed by atoms with Gasteiger partial charge in [-0.05, 0) is 46.4 Å². The van der Waals surface area contributed by atoms with Gasteiger partial charge in [0.2, 0.25) is 10.0 Å². The fourth-order valence-corrected chi connectivity index (χ4v) is 7.25. The van der Waals surface area contributed by atoms with Gasteiger partial charge in [0.05, 0.1) is 10.3 Å². The Balaban J connectivity index is 1.55. The Kier molecular flexibility index (Phi) is 4.11. The molecule has 136 valence electrons. The zero-order valence-electron chi connectivity index (χ0n) is 14.7. The first-order valence-electron chi connectivity index (χ1n) is 9.04. The highest BCUT2D eigenvalue weighted by molar-refractivity contribution is 8.01. The highest BCUT2D eigenvalue weighted by atomic mass is 32.2. The average Bonchev–Trinajstić information content (AvgIpc) is 3.33. The maximum Gasteiger partial charge on any atom is 0.244 e. The summed E-state index contributed by atoms with van der Waals surface area (Å²) < 4.78 is 28.5. The summed E-state index contributed by atoms with van der Waals surface area (Å²) in [6.45, 7) is 0.542. The third kappa shape index (κ3) is 2.81. The van der Waals surface area contributed by atoms with Crippen molar-refractivity contribution in [1.29, 1.82) is 0 Å². The van der Waals surface area contributed by atoms with Crippen molar-refractivity contribution in [2.24, 2.45) is 0 Å². The third-order valence-corrected chi connectivity index (χ3v) is 8.56. The van der Waals surface area contributed by atoms with Crippen LogP contribution in [0.4, 0.5) is 0 Å². The molecule has 5 heteroatoms. The molecule has 3 nitrogen and oxygen atoms in total. The van der Waals surface area contributed by atoms with Crippen LogP contribution in [0, 0.1) is 0 Å². The number of nitrogens with zero attached hydrogens (tertiary/aromatic N) is 1. The van der Waals surface area contributed by atoms with E-state index in [1.54, 1.807) is 22.1 Å². The van der Waals surface area contributed by atoms with Crippen LogP contribution in [0.5, 0.6) is 0 Å². The number of fused-ring (bicyclic) bond motifs is 3. The summed E-state index contributed by atoms with van der Waals surface area (Å²) in [7, 11) is -3.55. The van der Waals surface area contributed by atoms with Gasteiger partial charge >= 0.3 is 0 Å². The standard InChI is InChI=1S/C22H19NO2S2/c24-27(25,23-12-13-26-22(23)16-6-2-1-3-7-16)19-11-10-18-14-17-8-4-5-9-20(17)21(18)15-19/h1-11,15,22H,12-14H2/t22-/m0/s1. The van der Waals surface area contributed by atoms with Crippen molar-refractivity contribution in [1.82, 2.24) is 4.31 Å². The van der Waals surface area contributed by atoms with Gasteiger partial charge in [-0.25, -0.2) is 8.42 Å². The molecule has 0 unspecified atom stereocenters. The van der Waals surface area contributed by atoms with Crippen LogP contribution in [0.1, 0.15) is 22.1 Å². The SMILES string of the molecule is O=S(=O)(c1ccc2c(c1)-c1ccccc1C2)N1CCS[C@H]1c1ccccc1. The van der Waals surface area contributed by atoms with Gasteiger partial charge in [0.15, 0.2) is 0 Å². The predicted octanol–water partition coefficient (Wildman–Crippen LogP) is 4.69. The van der Waals surface area contributed by atoms with E-state index in [9.17, 15) is 8.42 Å². The van der Waals surface area contributed by atoms with Crippen molar-refractivity contribution in [3.63, 3.8) is 0 Å². The molecule has 0 N–H and O–H groups in total. The minimum atomic E-state index is -3.55. The van der Waals surface area contributed by atoms with Crippen molar-refractivity contribution < 1.29 is 8.42 Å². The molecule has 2 aliphatic rings. The Morgan fingerprint density at radius 2 is 1.59 bits per heavy atom. The Bertz CT molecular complexity index is 1110. The lowest BCUT2D eigenvalue weighted by molar-refractivity contribution is 0.434. The van der Waals surface area contributed by atoms with Gasteiger partial charge in [0.1, 0.15) is 0 Å². The van der Waals surface area contributed by atoms with Gasteiger partial charge in [-0.15, -0.1) is 11.8 Å². The Morgan fingerprint density at radius 3 is 2.44 bits per heavy atom. The molecule has 0 radical (unpaired) electrons. The second kappa shape index (κ2) is 6.51. The van der Waals surface area contributed by atoms with Crippen molar-refractivity contribution >= 4 is 21.8 Å². The van der Waals surface area contributed by atoms with E-state index in [2.05, 4.69) is 12.1 Å². The molecule has 0 bridgehead atoms. The number of benzene rings is 3. The van der Waals surface area contributed by atoms with Crippen LogP contribution < -0.4 is 0 Å². The van der Waals surface area contributed by atoms with Gasteiger partial charge in [0.25, 0.3) is 0 Å². The number of hydrogen-bond donors (Lipinski definition) is 0. The predicted molar refractivity (Wildman–Crippen MR) is 110 cm³/mol. The van der Waals surface area contributed by atoms with Crippen LogP contribution in [0.15, 0.2) is 77.7 Å². The maximum atomic E-state index is 13.4. The topological polar surface area (TPSA) is 37.4 Å². The van der Waals surface area contributed by atoms with Crippen LogP contribution in [0.2, 0.25) is 0 Å². The second-order valence-electron chi connectivity index (χ2n) is 6.90. The average molecular weight is 394 g/mol. The van der Waals surface area contributed by atoms with Crippen molar-refractivity contribution in [2.75, 3.05) is 12.3 Å². The monoisotopic (exact) mass is 393 g/mol. The first-order valence-corrected chi connectivity index (χ1v) is 11.5. The first kappa shape index (κ1) is 17.0. The molecule has 27 heavy (non-hydrogen) atoms. The van der Waals surface area contributed by atoms with E-state index in [4.69, 9.17) is 0 Å². The zero-order valence-corrected chi connectivity index (χ0v) is 16.3. The summed E-state index contributed by atoms with van der Waals surface area (Å²) in [4.78, 5) is 0.390. The number of sulfonamides is 1. The van der Waals surface area contributed by atoms with E-state index in [1.807, 2.05) is 54.6 Å². The minimum absolute atomic E-state index is 0.156. The largest absolute Gasteiger partial charge is 0.244 e. The summed E-state index contributed by atoms with van der Waals surface area (Å²) in [6.07, 6.45) is 0.873. The van der Waals surface area contributed by atoms with Crippen molar-refractivity contribution in [2.45, 2.75) is 16.7 Å². The number of thioether (sulfide) groups is 1. The summed E-state index contributed by atoms with van der Waals surface area (Å²) in [5.41, 5.74) is 5.70. The molecular formula is C22H19NO2S2. The smallest absolute Gasteiger partial charge is 0.207 e. The van der Waals surface area contributed by atoms with E-state index in [1.165, 1.54) is 11.1 Å². The normalized spacial score (nSPS) is 19.0. The van der Waals surface area contributed by atoms with Crippen molar-refractivity contribution in [3.8, 4) is 11.1 Å². The fraction of sp³-hybridized carbons (Fsp3) is 0.182. The van der Waals surface area contributed by atoms with E-state index >= 15 is 0 Å². The molecule has 0 aromatic heterocycles. The lowest BCUT2D eigenvalue weighted by atomic mass is 10.1. The quantitative estimate of drug-likeness (QED) is 0.507. The highest BCUT2D eigenvalue weighted by Gasteiger charge is 2.37. The van der Waals surface area contributed by atoms with Crippen LogP contribution in [-0.4, -0.2) is 25.0 Å². The number of rotatable bonds is 3. The zero-order chi connectivity index (χ0) is 18.4. The van der Waals surface area contributed by atoms with Crippen LogP contribution in [0.25, 0.3) is 11.1 Å². The fourth-order valence-electron chi connectivity index (χ4n) is 3.98. The molecule has 0 amide bonds. The Labute approximate surface area is 164 Å². The molecule has 1 aliphatic heterocycles. The van der Waals surface area contributed by atoms with Crippen LogP contribution >= 0.6 is 11.8 Å². The summed E-state index contributed by atoms with van der Waals surface area (Å²) in [5, 5.41) is -0.156.